The van der Waals surface area contributed by atoms with Crippen LogP contribution in [0.2, 0.25) is 0 Å². The third-order valence-electron chi connectivity index (χ3n) is 6.05. The number of nitrogens with zero attached hydrogens (tertiary/aromatic N) is 2. The van der Waals surface area contributed by atoms with Crippen LogP contribution in [-0.4, -0.2) is 21.7 Å². The number of fused-ring (bicyclic) bond motifs is 1. The molecular formula is C25H20F2N4O6S. The number of nitro benzene ring substituents is 1. The number of anilines is 1. The van der Waals surface area contributed by atoms with Gasteiger partial charge in [-0.2, -0.15) is 0 Å². The number of amides is 2. The molecule has 0 aliphatic heterocycles. The Labute approximate surface area is 217 Å². The number of hydrogen-bond acceptors (Lipinski definition) is 8. The Morgan fingerprint density at radius 2 is 2.05 bits per heavy atom. The summed E-state index contributed by atoms with van der Waals surface area (Å²) < 4.78 is 38.1. The maximum absolute atomic E-state index is 13.4. The molecule has 0 unspecified atom stereocenters. The Balaban J connectivity index is 1.38. The Morgan fingerprint density at radius 1 is 1.29 bits per heavy atom. The lowest BCUT2D eigenvalue weighted by molar-refractivity contribution is -0.385. The number of aromatic nitrogens is 1. The van der Waals surface area contributed by atoms with Crippen molar-refractivity contribution in [1.82, 2.24) is 4.98 Å². The van der Waals surface area contributed by atoms with Gasteiger partial charge in [0.05, 0.1) is 10.6 Å². The molecule has 3 heterocycles. The van der Waals surface area contributed by atoms with Crippen molar-refractivity contribution in [3.05, 3.63) is 79.7 Å². The number of aryl methyl sites for hydroxylation is 1. The highest BCUT2D eigenvalue weighted by Crippen LogP contribution is 2.48. The number of benzene rings is 1. The summed E-state index contributed by atoms with van der Waals surface area (Å²) in [6.45, 7) is 1.54. The number of alkyl halides is 2. The lowest BCUT2D eigenvalue weighted by Crippen LogP contribution is -2.16. The number of hydrogen-bond donors (Lipinski definition) is 2. The highest BCUT2D eigenvalue weighted by Gasteiger charge is 2.32. The average Bonchev–Trinajstić information content (AvgIpc) is 3.49. The van der Waals surface area contributed by atoms with Gasteiger partial charge < -0.3 is 20.2 Å². The van der Waals surface area contributed by atoms with E-state index in [4.69, 9.17) is 14.9 Å². The monoisotopic (exact) mass is 542 g/mol. The van der Waals surface area contributed by atoms with Crippen LogP contribution in [0.3, 0.4) is 0 Å². The second kappa shape index (κ2) is 9.82. The number of nitrogens with two attached hydrogens (primary N) is 1. The van der Waals surface area contributed by atoms with Gasteiger partial charge in [0, 0.05) is 17.0 Å². The molecule has 1 aromatic carbocycles. The van der Waals surface area contributed by atoms with E-state index in [1.54, 1.807) is 6.92 Å². The van der Waals surface area contributed by atoms with Crippen LogP contribution in [-0.2, 0) is 6.61 Å². The quantitative estimate of drug-likeness (QED) is 0.199. The number of nitro groups is 1. The molecule has 0 bridgehead atoms. The van der Waals surface area contributed by atoms with Gasteiger partial charge in [-0.05, 0) is 61.6 Å². The number of carbonyl (C=O) groups excluding carboxylic acids is 2. The van der Waals surface area contributed by atoms with Crippen molar-refractivity contribution >= 4 is 44.7 Å². The summed E-state index contributed by atoms with van der Waals surface area (Å²) in [5, 5.41) is 14.1. The van der Waals surface area contributed by atoms with E-state index in [-0.39, 0.29) is 39.4 Å². The SMILES string of the molecule is Cc1cc(OCc2ccc(C(=O)Nc3c(C(N)=O)sc4nc(C(F)F)cc(C5CC5)c34)o2)ccc1[N+](=O)[O-]. The molecule has 0 radical (unpaired) electrons. The molecule has 1 saturated carbocycles. The van der Waals surface area contributed by atoms with E-state index in [0.29, 0.717) is 28.0 Å². The van der Waals surface area contributed by atoms with Gasteiger partial charge in [-0.25, -0.2) is 13.8 Å². The first-order chi connectivity index (χ1) is 18.1. The van der Waals surface area contributed by atoms with E-state index in [2.05, 4.69) is 10.3 Å². The molecule has 38 heavy (non-hydrogen) atoms. The number of halogens is 2. The predicted octanol–water partition coefficient (Wildman–Crippen LogP) is 5.85. The normalized spacial score (nSPS) is 13.2. The van der Waals surface area contributed by atoms with Crippen LogP contribution in [0.5, 0.6) is 5.75 Å². The molecule has 0 spiro atoms. The molecule has 10 nitrogen and oxygen atoms in total. The third kappa shape index (κ3) is 4.92. The zero-order valence-corrected chi connectivity index (χ0v) is 20.6. The highest BCUT2D eigenvalue weighted by molar-refractivity contribution is 7.21. The van der Waals surface area contributed by atoms with E-state index in [1.807, 2.05) is 0 Å². The summed E-state index contributed by atoms with van der Waals surface area (Å²) in [5.74, 6) is -0.865. The number of nitrogens with one attached hydrogen (secondary N) is 1. The van der Waals surface area contributed by atoms with Crippen LogP contribution in [0.1, 0.15) is 68.0 Å². The number of primary amides is 1. The maximum Gasteiger partial charge on any atom is 0.291 e. The number of furan rings is 1. The summed E-state index contributed by atoms with van der Waals surface area (Å²) in [4.78, 5) is 39.9. The predicted molar refractivity (Wildman–Crippen MR) is 134 cm³/mol. The molecule has 3 N–H and O–H groups in total. The molecule has 1 aliphatic rings. The molecule has 4 aromatic rings. The van der Waals surface area contributed by atoms with Crippen molar-refractivity contribution in [2.24, 2.45) is 5.73 Å². The summed E-state index contributed by atoms with van der Waals surface area (Å²) in [7, 11) is 0. The van der Waals surface area contributed by atoms with E-state index >= 15 is 0 Å². The average molecular weight is 543 g/mol. The van der Waals surface area contributed by atoms with Crippen LogP contribution in [0.4, 0.5) is 20.2 Å². The molecular weight excluding hydrogens is 522 g/mol. The number of ether oxygens (including phenoxy) is 1. The molecule has 3 aromatic heterocycles. The first-order valence-corrected chi connectivity index (χ1v) is 12.3. The first kappa shape index (κ1) is 25.3. The van der Waals surface area contributed by atoms with Crippen molar-refractivity contribution in [2.45, 2.75) is 38.7 Å². The Hall–Kier alpha value is -4.39. The van der Waals surface area contributed by atoms with Gasteiger partial charge in [-0.15, -0.1) is 11.3 Å². The van der Waals surface area contributed by atoms with E-state index in [9.17, 15) is 28.5 Å². The number of thiophene rings is 1. The second-order valence-corrected chi connectivity index (χ2v) is 9.78. The Bertz CT molecular complexity index is 1590. The minimum atomic E-state index is -2.78. The molecule has 2 amide bonds. The summed E-state index contributed by atoms with van der Waals surface area (Å²) in [6.07, 6.45) is -1.19. The topological polar surface area (TPSA) is 151 Å². The largest absolute Gasteiger partial charge is 0.486 e. The summed E-state index contributed by atoms with van der Waals surface area (Å²) in [5.41, 5.74) is 6.25. The van der Waals surface area contributed by atoms with Gasteiger partial charge >= 0.3 is 0 Å². The fourth-order valence-corrected chi connectivity index (χ4v) is 5.12. The molecule has 0 saturated heterocycles. The zero-order valence-electron chi connectivity index (χ0n) is 19.8. The van der Waals surface area contributed by atoms with Crippen molar-refractivity contribution in [1.29, 1.82) is 0 Å². The van der Waals surface area contributed by atoms with Gasteiger partial charge in [0.25, 0.3) is 23.9 Å². The first-order valence-electron chi connectivity index (χ1n) is 11.5. The lowest BCUT2D eigenvalue weighted by atomic mass is 10.0. The lowest BCUT2D eigenvalue weighted by Gasteiger charge is -2.09. The summed E-state index contributed by atoms with van der Waals surface area (Å²) >= 11 is 0.848. The Kier molecular flexibility index (Phi) is 6.53. The van der Waals surface area contributed by atoms with Crippen molar-refractivity contribution in [3.8, 4) is 5.75 Å². The van der Waals surface area contributed by atoms with Crippen LogP contribution in [0.15, 0.2) is 40.8 Å². The van der Waals surface area contributed by atoms with Gasteiger partial charge in [-0.3, -0.25) is 19.7 Å². The van der Waals surface area contributed by atoms with E-state index < -0.39 is 28.9 Å². The molecule has 1 fully saturated rings. The van der Waals surface area contributed by atoms with E-state index in [1.165, 1.54) is 36.4 Å². The van der Waals surface area contributed by atoms with Crippen molar-refractivity contribution in [3.63, 3.8) is 0 Å². The number of pyridine rings is 1. The maximum atomic E-state index is 13.4. The van der Waals surface area contributed by atoms with Crippen molar-refractivity contribution < 1.29 is 32.4 Å². The standard InChI is InChI=1S/C25H20F2N4O6S/c1-11-8-13(4-6-17(11)31(34)35)36-10-14-5-7-18(37-14)24(33)30-20-19-15(12-2-3-12)9-16(22(26)27)29-25(19)38-21(20)23(28)32/h4-9,12,22H,2-3,10H2,1H3,(H2,28,32)(H,30,33). The van der Waals surface area contributed by atoms with Gasteiger partial charge in [0.2, 0.25) is 0 Å². The fourth-order valence-electron chi connectivity index (χ4n) is 4.10. The molecule has 196 valence electrons. The smallest absolute Gasteiger partial charge is 0.291 e. The fraction of sp³-hybridized carbons (Fsp3) is 0.240. The molecule has 0 atom stereocenters. The van der Waals surface area contributed by atoms with Crippen LogP contribution < -0.4 is 15.8 Å². The van der Waals surface area contributed by atoms with Crippen LogP contribution in [0, 0.1) is 17.0 Å². The number of carbonyl (C=O) groups is 2. The minimum Gasteiger partial charge on any atom is -0.486 e. The summed E-state index contributed by atoms with van der Waals surface area (Å²) in [6, 6.07) is 8.58. The van der Waals surface area contributed by atoms with E-state index in [0.717, 1.165) is 24.2 Å². The van der Waals surface area contributed by atoms with Crippen LogP contribution >= 0.6 is 11.3 Å². The second-order valence-electron chi connectivity index (χ2n) is 8.78. The minimum absolute atomic E-state index is 0.00202. The molecule has 13 heteroatoms. The van der Waals surface area contributed by atoms with Crippen molar-refractivity contribution in [2.75, 3.05) is 5.32 Å². The molecule has 5 rings (SSSR count). The zero-order chi connectivity index (χ0) is 27.1. The highest BCUT2D eigenvalue weighted by atomic mass is 32.1. The van der Waals surface area contributed by atoms with Gasteiger partial charge in [-0.1, -0.05) is 0 Å². The molecule has 1 aliphatic carbocycles. The number of rotatable bonds is 9. The van der Waals surface area contributed by atoms with Gasteiger partial charge in [0.15, 0.2) is 5.76 Å². The third-order valence-corrected chi connectivity index (χ3v) is 7.15. The Morgan fingerprint density at radius 3 is 2.68 bits per heavy atom. The van der Waals surface area contributed by atoms with Gasteiger partial charge in [0.1, 0.15) is 33.5 Å². The van der Waals surface area contributed by atoms with Crippen LogP contribution in [0.25, 0.3) is 10.2 Å².